The molecule has 6 nitrogen and oxygen atoms in total. The fraction of sp³-hybridized carbons (Fsp3) is 0.353. The normalized spacial score (nSPS) is 16.0. The van der Waals surface area contributed by atoms with E-state index < -0.39 is 11.7 Å². The number of piperidine rings is 1. The zero-order valence-corrected chi connectivity index (χ0v) is 14.8. The number of benzene rings is 1. The Kier molecular flexibility index (Phi) is 4.65. The molecule has 10 heteroatoms. The molecule has 0 unspecified atom stereocenters. The average molecular weight is 397 g/mol. The summed E-state index contributed by atoms with van der Waals surface area (Å²) in [7, 11) is 0. The number of fused-ring (bicyclic) bond motifs is 1. The highest BCUT2D eigenvalue weighted by Crippen LogP contribution is 2.38. The average Bonchev–Trinajstić information content (AvgIpc) is 3.07. The first-order chi connectivity index (χ1) is 12.9. The maximum absolute atomic E-state index is 13.3. The van der Waals surface area contributed by atoms with Gasteiger partial charge in [0.2, 0.25) is 0 Å². The number of alkyl halides is 3. The van der Waals surface area contributed by atoms with Gasteiger partial charge in [-0.3, -0.25) is 0 Å². The molecular formula is C17H16ClF3N6. The van der Waals surface area contributed by atoms with Gasteiger partial charge in [0.1, 0.15) is 12.1 Å². The quantitative estimate of drug-likeness (QED) is 0.695. The van der Waals surface area contributed by atoms with Crippen LogP contribution in [0.4, 0.5) is 24.7 Å². The predicted molar refractivity (Wildman–Crippen MR) is 96.2 cm³/mol. The molecule has 0 amide bonds. The van der Waals surface area contributed by atoms with Gasteiger partial charge >= 0.3 is 6.18 Å². The second-order valence-corrected chi connectivity index (χ2v) is 6.78. The van der Waals surface area contributed by atoms with Crippen molar-refractivity contribution >= 4 is 34.1 Å². The molecule has 1 fully saturated rings. The van der Waals surface area contributed by atoms with E-state index in [4.69, 9.17) is 11.6 Å². The van der Waals surface area contributed by atoms with Crippen molar-refractivity contribution in [2.24, 2.45) is 0 Å². The molecule has 1 aliphatic rings. The Morgan fingerprint density at radius 1 is 1.19 bits per heavy atom. The Labute approximate surface area is 157 Å². The first-order valence-electron chi connectivity index (χ1n) is 8.46. The van der Waals surface area contributed by atoms with Crippen molar-refractivity contribution in [3.63, 3.8) is 0 Å². The van der Waals surface area contributed by atoms with E-state index in [1.54, 1.807) is 6.20 Å². The van der Waals surface area contributed by atoms with Crippen LogP contribution in [0, 0.1) is 0 Å². The minimum atomic E-state index is -4.52. The van der Waals surface area contributed by atoms with Crippen molar-refractivity contribution in [1.82, 2.24) is 25.1 Å². The summed E-state index contributed by atoms with van der Waals surface area (Å²) in [5, 5.41) is 11.2. The Hall–Kier alpha value is -2.39. The molecule has 0 bridgehead atoms. The van der Waals surface area contributed by atoms with E-state index >= 15 is 0 Å². The summed E-state index contributed by atoms with van der Waals surface area (Å²) in [6, 6.07) is 3.58. The molecule has 0 atom stereocenters. The summed E-state index contributed by atoms with van der Waals surface area (Å²) in [5.74, 6) is 0.257. The van der Waals surface area contributed by atoms with Crippen molar-refractivity contribution in [1.29, 1.82) is 0 Å². The molecule has 0 saturated carbocycles. The summed E-state index contributed by atoms with van der Waals surface area (Å²) < 4.78 is 41.7. The number of hydrogen-bond acceptors (Lipinski definition) is 5. The molecular weight excluding hydrogens is 381 g/mol. The third-order valence-electron chi connectivity index (χ3n) is 4.59. The van der Waals surface area contributed by atoms with Crippen molar-refractivity contribution in [2.75, 3.05) is 18.4 Å². The smallest absolute Gasteiger partial charge is 0.339 e. The van der Waals surface area contributed by atoms with Gasteiger partial charge < -0.3 is 10.6 Å². The van der Waals surface area contributed by atoms with Crippen LogP contribution in [0.5, 0.6) is 0 Å². The second-order valence-electron chi connectivity index (χ2n) is 6.34. The van der Waals surface area contributed by atoms with Crippen LogP contribution < -0.4 is 10.6 Å². The van der Waals surface area contributed by atoms with Gasteiger partial charge in [-0.15, -0.1) is 0 Å². The Balaban J connectivity index is 1.74. The first-order valence-corrected chi connectivity index (χ1v) is 8.84. The van der Waals surface area contributed by atoms with Crippen LogP contribution in [0.25, 0.3) is 11.0 Å². The number of halogens is 4. The maximum Gasteiger partial charge on any atom is 0.418 e. The minimum absolute atomic E-state index is 0.162. The van der Waals surface area contributed by atoms with Crippen LogP contribution in [0.3, 0.4) is 0 Å². The van der Waals surface area contributed by atoms with Gasteiger partial charge in [-0.1, -0.05) is 11.6 Å². The molecule has 27 heavy (non-hydrogen) atoms. The lowest BCUT2D eigenvalue weighted by Gasteiger charge is -2.23. The van der Waals surface area contributed by atoms with E-state index in [1.165, 1.54) is 18.5 Å². The Morgan fingerprint density at radius 3 is 2.70 bits per heavy atom. The monoisotopic (exact) mass is 396 g/mol. The van der Waals surface area contributed by atoms with Crippen LogP contribution in [-0.4, -0.2) is 32.8 Å². The molecule has 0 aliphatic carbocycles. The summed E-state index contributed by atoms with van der Waals surface area (Å²) >= 11 is 5.89. The molecule has 2 N–H and O–H groups in total. The minimum Gasteiger partial charge on any atom is -0.339 e. The van der Waals surface area contributed by atoms with Crippen molar-refractivity contribution in [3.05, 3.63) is 41.3 Å². The molecule has 4 rings (SSSR count). The van der Waals surface area contributed by atoms with Gasteiger partial charge in [0.25, 0.3) is 0 Å². The van der Waals surface area contributed by atoms with Crippen molar-refractivity contribution < 1.29 is 13.2 Å². The third-order valence-corrected chi connectivity index (χ3v) is 4.82. The number of nitrogens with zero attached hydrogens (tertiary/aromatic N) is 4. The first kappa shape index (κ1) is 18.0. The van der Waals surface area contributed by atoms with E-state index in [9.17, 15) is 13.2 Å². The highest BCUT2D eigenvalue weighted by molar-refractivity contribution is 6.30. The van der Waals surface area contributed by atoms with E-state index in [2.05, 4.69) is 25.7 Å². The lowest BCUT2D eigenvalue weighted by atomic mass is 10.1. The van der Waals surface area contributed by atoms with Gasteiger partial charge in [-0.05, 0) is 44.1 Å². The van der Waals surface area contributed by atoms with Crippen molar-refractivity contribution in [3.8, 4) is 0 Å². The van der Waals surface area contributed by atoms with Gasteiger partial charge in [-0.2, -0.15) is 18.3 Å². The SMILES string of the molecule is FC(F)(F)c1ccc(Cl)cc1Nc1ncnc2c1cnn2C1CCNCC1. The molecule has 1 saturated heterocycles. The van der Waals surface area contributed by atoms with Gasteiger partial charge in [0, 0.05) is 5.02 Å². The van der Waals surface area contributed by atoms with E-state index in [0.717, 1.165) is 32.0 Å². The number of nitrogens with one attached hydrogen (secondary N) is 2. The van der Waals surface area contributed by atoms with E-state index in [-0.39, 0.29) is 22.6 Å². The van der Waals surface area contributed by atoms with Gasteiger partial charge in [0.05, 0.1) is 28.9 Å². The van der Waals surface area contributed by atoms with E-state index in [1.807, 2.05) is 4.68 Å². The van der Waals surface area contributed by atoms with Crippen LogP contribution >= 0.6 is 11.6 Å². The standard InChI is InChI=1S/C17H16ClF3N6/c18-10-1-2-13(17(19,20)21)14(7-10)26-15-12-8-25-27(16(12)24-9-23-15)11-3-5-22-6-4-11/h1-2,7-9,11,22H,3-6H2,(H,23,24,26). The summed E-state index contributed by atoms with van der Waals surface area (Å²) in [5.41, 5.74) is -0.385. The number of anilines is 2. The highest BCUT2D eigenvalue weighted by Gasteiger charge is 2.34. The molecule has 2 aromatic heterocycles. The zero-order chi connectivity index (χ0) is 19.0. The molecule has 0 spiro atoms. The summed E-state index contributed by atoms with van der Waals surface area (Å²) in [6.45, 7) is 1.78. The number of rotatable bonds is 3. The number of aromatic nitrogens is 4. The van der Waals surface area contributed by atoms with Crippen LogP contribution in [0.2, 0.25) is 5.02 Å². The summed E-state index contributed by atoms with van der Waals surface area (Å²) in [4.78, 5) is 8.40. The Morgan fingerprint density at radius 2 is 1.96 bits per heavy atom. The topological polar surface area (TPSA) is 67.7 Å². The zero-order valence-electron chi connectivity index (χ0n) is 14.1. The fourth-order valence-electron chi connectivity index (χ4n) is 3.28. The molecule has 1 aromatic carbocycles. The lowest BCUT2D eigenvalue weighted by molar-refractivity contribution is -0.136. The lowest BCUT2D eigenvalue weighted by Crippen LogP contribution is -2.29. The van der Waals surface area contributed by atoms with Crippen molar-refractivity contribution in [2.45, 2.75) is 25.1 Å². The molecule has 3 heterocycles. The Bertz CT molecular complexity index is 965. The molecule has 3 aromatic rings. The summed E-state index contributed by atoms with van der Waals surface area (Å²) in [6.07, 6.45) is 0.212. The predicted octanol–water partition coefficient (Wildman–Crippen LogP) is 4.17. The fourth-order valence-corrected chi connectivity index (χ4v) is 3.45. The molecule has 0 radical (unpaired) electrons. The maximum atomic E-state index is 13.3. The molecule has 1 aliphatic heterocycles. The molecule has 142 valence electrons. The van der Waals surface area contributed by atoms with Gasteiger partial charge in [-0.25, -0.2) is 14.6 Å². The van der Waals surface area contributed by atoms with E-state index in [0.29, 0.717) is 11.0 Å². The van der Waals surface area contributed by atoms with Crippen LogP contribution in [0.1, 0.15) is 24.4 Å². The third kappa shape index (κ3) is 3.57. The largest absolute Gasteiger partial charge is 0.418 e. The second kappa shape index (κ2) is 6.97. The highest BCUT2D eigenvalue weighted by atomic mass is 35.5. The number of hydrogen-bond donors (Lipinski definition) is 2. The van der Waals surface area contributed by atoms with Gasteiger partial charge in [0.15, 0.2) is 5.65 Å². The van der Waals surface area contributed by atoms with Crippen LogP contribution in [-0.2, 0) is 6.18 Å². The van der Waals surface area contributed by atoms with Crippen LogP contribution in [0.15, 0.2) is 30.7 Å².